The van der Waals surface area contributed by atoms with Crippen LogP contribution in [0.5, 0.6) is 0 Å². The zero-order valence-electron chi connectivity index (χ0n) is 8.58. The van der Waals surface area contributed by atoms with E-state index >= 15 is 0 Å². The van der Waals surface area contributed by atoms with Gasteiger partial charge in [0.25, 0.3) is 0 Å². The smallest absolute Gasteiger partial charge is 0.178 e. The van der Waals surface area contributed by atoms with Crippen LogP contribution in [0.3, 0.4) is 0 Å². The van der Waals surface area contributed by atoms with E-state index < -0.39 is 0 Å². The van der Waals surface area contributed by atoms with Crippen molar-refractivity contribution in [1.82, 2.24) is 19.7 Å². The van der Waals surface area contributed by atoms with Gasteiger partial charge in [0.05, 0.1) is 24.9 Å². The molecule has 0 saturated carbocycles. The summed E-state index contributed by atoms with van der Waals surface area (Å²) in [4.78, 5) is 8.20. The SMILES string of the molecule is c1cnc(-n2cncn2)c(NC2COC2)c1. The van der Waals surface area contributed by atoms with Crippen molar-refractivity contribution in [3.63, 3.8) is 0 Å². The van der Waals surface area contributed by atoms with Gasteiger partial charge in [-0.05, 0) is 12.1 Å². The van der Waals surface area contributed by atoms with Gasteiger partial charge in [-0.3, -0.25) is 0 Å². The summed E-state index contributed by atoms with van der Waals surface area (Å²) in [6.45, 7) is 1.48. The first kappa shape index (κ1) is 9.29. The molecule has 16 heavy (non-hydrogen) atoms. The van der Waals surface area contributed by atoms with Crippen LogP contribution < -0.4 is 5.32 Å². The van der Waals surface area contributed by atoms with Gasteiger partial charge in [-0.1, -0.05) is 0 Å². The summed E-state index contributed by atoms with van der Waals surface area (Å²) in [6.07, 6.45) is 4.86. The molecule has 82 valence electrons. The number of nitrogens with one attached hydrogen (secondary N) is 1. The Bertz CT molecular complexity index is 466. The minimum absolute atomic E-state index is 0.367. The van der Waals surface area contributed by atoms with Gasteiger partial charge in [-0.2, -0.15) is 5.10 Å². The van der Waals surface area contributed by atoms with Crippen LogP contribution in [0.2, 0.25) is 0 Å². The summed E-state index contributed by atoms with van der Waals surface area (Å²) in [7, 11) is 0. The van der Waals surface area contributed by atoms with Crippen molar-refractivity contribution in [3.8, 4) is 5.82 Å². The third-order valence-corrected chi connectivity index (χ3v) is 2.42. The summed E-state index contributed by atoms with van der Waals surface area (Å²) in [5.74, 6) is 0.756. The molecule has 0 aromatic carbocycles. The summed E-state index contributed by atoms with van der Waals surface area (Å²) in [6, 6.07) is 4.23. The molecule has 0 amide bonds. The van der Waals surface area contributed by atoms with Gasteiger partial charge in [-0.25, -0.2) is 14.6 Å². The molecule has 6 heteroatoms. The molecule has 2 aromatic heterocycles. The van der Waals surface area contributed by atoms with E-state index in [9.17, 15) is 0 Å². The predicted molar refractivity (Wildman–Crippen MR) is 57.4 cm³/mol. The van der Waals surface area contributed by atoms with E-state index in [1.165, 1.54) is 6.33 Å². The highest BCUT2D eigenvalue weighted by atomic mass is 16.5. The van der Waals surface area contributed by atoms with Crippen LogP contribution in [0, 0.1) is 0 Å². The molecule has 6 nitrogen and oxygen atoms in total. The first-order valence-electron chi connectivity index (χ1n) is 5.08. The molecule has 0 aliphatic carbocycles. The molecule has 0 radical (unpaired) electrons. The average Bonchev–Trinajstić information content (AvgIpc) is 2.77. The first-order chi connectivity index (χ1) is 7.93. The lowest BCUT2D eigenvalue weighted by molar-refractivity contribution is 0.0211. The lowest BCUT2D eigenvalue weighted by Gasteiger charge is -2.28. The first-order valence-corrected chi connectivity index (χ1v) is 5.08. The van der Waals surface area contributed by atoms with Crippen molar-refractivity contribution in [2.45, 2.75) is 6.04 Å². The van der Waals surface area contributed by atoms with Crippen LogP contribution in [0.1, 0.15) is 0 Å². The Labute approximate surface area is 92.3 Å². The largest absolute Gasteiger partial charge is 0.377 e. The van der Waals surface area contributed by atoms with Gasteiger partial charge in [0.15, 0.2) is 5.82 Å². The van der Waals surface area contributed by atoms with Crippen molar-refractivity contribution < 1.29 is 4.74 Å². The number of aromatic nitrogens is 4. The molecule has 0 spiro atoms. The van der Waals surface area contributed by atoms with Crippen LogP contribution in [0.25, 0.3) is 5.82 Å². The van der Waals surface area contributed by atoms with Crippen LogP contribution >= 0.6 is 0 Å². The molecule has 1 aliphatic rings. The molecule has 1 saturated heterocycles. The zero-order chi connectivity index (χ0) is 10.8. The van der Waals surface area contributed by atoms with Gasteiger partial charge in [0.1, 0.15) is 12.7 Å². The van der Waals surface area contributed by atoms with Gasteiger partial charge in [0.2, 0.25) is 0 Å². The van der Waals surface area contributed by atoms with E-state index in [1.54, 1.807) is 17.2 Å². The Hall–Kier alpha value is -1.95. The molecule has 1 aliphatic heterocycles. The maximum absolute atomic E-state index is 5.12. The van der Waals surface area contributed by atoms with E-state index in [2.05, 4.69) is 20.4 Å². The second-order valence-corrected chi connectivity index (χ2v) is 3.59. The number of rotatable bonds is 3. The van der Waals surface area contributed by atoms with Crippen molar-refractivity contribution in [3.05, 3.63) is 31.0 Å². The topological polar surface area (TPSA) is 64.9 Å². The quantitative estimate of drug-likeness (QED) is 0.809. The molecular weight excluding hydrogens is 206 g/mol. The van der Waals surface area contributed by atoms with Crippen LogP contribution in [0.15, 0.2) is 31.0 Å². The maximum Gasteiger partial charge on any atom is 0.178 e. The Morgan fingerprint density at radius 3 is 3.06 bits per heavy atom. The Morgan fingerprint density at radius 1 is 1.44 bits per heavy atom. The van der Waals surface area contributed by atoms with E-state index in [0.29, 0.717) is 6.04 Å². The molecule has 2 aromatic rings. The Kier molecular flexibility index (Phi) is 2.26. The maximum atomic E-state index is 5.12. The van der Waals surface area contributed by atoms with E-state index in [-0.39, 0.29) is 0 Å². The molecule has 3 rings (SSSR count). The number of nitrogens with zero attached hydrogens (tertiary/aromatic N) is 4. The number of anilines is 1. The minimum atomic E-state index is 0.367. The standard InChI is InChI=1S/C10H11N5O/c1-2-9(14-8-4-16-5-8)10(12-3-1)15-7-11-6-13-15/h1-3,6-8,14H,4-5H2. The molecule has 1 fully saturated rings. The van der Waals surface area contributed by atoms with Crippen molar-refractivity contribution in [1.29, 1.82) is 0 Å². The predicted octanol–water partition coefficient (Wildman–Crippen LogP) is 0.473. The summed E-state index contributed by atoms with van der Waals surface area (Å²) in [5, 5.41) is 7.43. The van der Waals surface area contributed by atoms with E-state index in [0.717, 1.165) is 24.7 Å². The van der Waals surface area contributed by atoms with E-state index in [1.807, 2.05) is 12.1 Å². The molecule has 0 atom stereocenters. The Balaban J connectivity index is 1.91. The third kappa shape index (κ3) is 1.63. The van der Waals surface area contributed by atoms with Gasteiger partial charge < -0.3 is 10.1 Å². The summed E-state index contributed by atoms with van der Waals surface area (Å²) in [5.41, 5.74) is 0.946. The lowest BCUT2D eigenvalue weighted by Crippen LogP contribution is -2.40. The fourth-order valence-electron chi connectivity index (χ4n) is 1.55. The number of ether oxygens (including phenoxy) is 1. The van der Waals surface area contributed by atoms with Crippen LogP contribution in [-0.4, -0.2) is 39.0 Å². The summed E-state index contributed by atoms with van der Waals surface area (Å²) >= 11 is 0. The Morgan fingerprint density at radius 2 is 2.38 bits per heavy atom. The van der Waals surface area contributed by atoms with Crippen molar-refractivity contribution in [2.24, 2.45) is 0 Å². The second-order valence-electron chi connectivity index (χ2n) is 3.59. The van der Waals surface area contributed by atoms with Gasteiger partial charge in [-0.15, -0.1) is 0 Å². The monoisotopic (exact) mass is 217 g/mol. The van der Waals surface area contributed by atoms with Gasteiger partial charge in [0, 0.05) is 6.20 Å². The molecular formula is C10H11N5O. The minimum Gasteiger partial charge on any atom is -0.377 e. The molecule has 3 heterocycles. The van der Waals surface area contributed by atoms with Crippen LogP contribution in [-0.2, 0) is 4.74 Å². The lowest BCUT2D eigenvalue weighted by atomic mass is 10.2. The molecule has 0 unspecified atom stereocenters. The van der Waals surface area contributed by atoms with Crippen molar-refractivity contribution >= 4 is 5.69 Å². The normalized spacial score (nSPS) is 15.8. The fourth-order valence-corrected chi connectivity index (χ4v) is 1.55. The highest BCUT2D eigenvalue weighted by molar-refractivity contribution is 5.56. The highest BCUT2D eigenvalue weighted by Gasteiger charge is 2.19. The molecule has 0 bridgehead atoms. The van der Waals surface area contributed by atoms with E-state index in [4.69, 9.17) is 4.74 Å². The second kappa shape index (κ2) is 3.90. The van der Waals surface area contributed by atoms with Gasteiger partial charge >= 0.3 is 0 Å². The van der Waals surface area contributed by atoms with Crippen molar-refractivity contribution in [2.75, 3.05) is 18.5 Å². The average molecular weight is 217 g/mol. The summed E-state index contributed by atoms with van der Waals surface area (Å²) < 4.78 is 6.76. The number of hydrogen-bond donors (Lipinski definition) is 1. The highest BCUT2D eigenvalue weighted by Crippen LogP contribution is 2.18. The zero-order valence-corrected chi connectivity index (χ0v) is 8.58. The third-order valence-electron chi connectivity index (χ3n) is 2.42. The fraction of sp³-hybridized carbons (Fsp3) is 0.300. The molecule has 1 N–H and O–H groups in total. The number of pyridine rings is 1. The number of hydrogen-bond acceptors (Lipinski definition) is 5. The van der Waals surface area contributed by atoms with Crippen LogP contribution in [0.4, 0.5) is 5.69 Å².